The van der Waals surface area contributed by atoms with Crippen molar-refractivity contribution in [1.29, 1.82) is 0 Å². The van der Waals surface area contributed by atoms with Crippen LogP contribution in [0.5, 0.6) is 0 Å². The number of ether oxygens (including phenoxy) is 9. The minimum Gasteiger partial charge on any atom is -0.394 e. The van der Waals surface area contributed by atoms with Gasteiger partial charge in [0, 0.05) is 6.42 Å². The molecule has 0 spiro atoms. The molecule has 3 aliphatic rings. The molecule has 0 saturated carbocycles. The summed E-state index contributed by atoms with van der Waals surface area (Å²) < 4.78 is 60.2. The molecule has 5 aromatic rings. The molecule has 11 nitrogen and oxygen atoms in total. The van der Waals surface area contributed by atoms with Crippen molar-refractivity contribution in [2.24, 2.45) is 0 Å². The number of hydrogen-bond acceptors (Lipinski definition) is 11. The zero-order valence-electron chi connectivity index (χ0n) is 35.4. The van der Waals surface area contributed by atoms with Crippen LogP contribution in [0.25, 0.3) is 0 Å². The summed E-state index contributed by atoms with van der Waals surface area (Å²) in [6.45, 7) is 4.57. The molecule has 2 N–H and O–H groups in total. The topological polar surface area (TPSA) is 124 Å². The first-order chi connectivity index (χ1) is 30.3. The number of aliphatic hydroxyl groups excluding tert-OH is 1. The number of aliphatic hydroxyl groups is 2. The van der Waals surface area contributed by atoms with Crippen molar-refractivity contribution in [2.75, 3.05) is 13.2 Å². The maximum Gasteiger partial charge on any atom is 0.198 e. The lowest BCUT2D eigenvalue weighted by Gasteiger charge is -2.51. The summed E-state index contributed by atoms with van der Waals surface area (Å²) >= 11 is 0. The van der Waals surface area contributed by atoms with E-state index in [1.54, 1.807) is 13.8 Å². The minimum absolute atomic E-state index is 0.143. The summed E-state index contributed by atoms with van der Waals surface area (Å²) in [4.78, 5) is 0. The molecule has 0 bridgehead atoms. The van der Waals surface area contributed by atoms with E-state index in [1.807, 2.05) is 152 Å². The quantitative estimate of drug-likeness (QED) is 0.0871. The predicted molar refractivity (Wildman–Crippen MR) is 230 cm³/mol. The lowest BCUT2D eigenvalue weighted by atomic mass is 9.85. The van der Waals surface area contributed by atoms with E-state index < -0.39 is 73.1 Å². The summed E-state index contributed by atoms with van der Waals surface area (Å²) in [5, 5.41) is 23.8. The summed E-state index contributed by atoms with van der Waals surface area (Å²) in [6.07, 6.45) is -7.45. The van der Waals surface area contributed by atoms with Crippen LogP contribution in [0, 0.1) is 0 Å². The number of hydrogen-bond donors (Lipinski definition) is 2. The van der Waals surface area contributed by atoms with Crippen molar-refractivity contribution in [3.8, 4) is 0 Å². The highest BCUT2D eigenvalue weighted by Crippen LogP contribution is 2.45. The standard InChI is InChI=1S/C51H58O11/c1-50(2)61-46-42(29-52)60-51(53,49(48(46)62-50)58-34-40-26-16-7-17-27-40)28-41-44(55-31-37-20-10-4-11-21-37)47(57-33-39-24-14-6-15-25-39)45(56-32-38-22-12-5-13-23-38)43(59-41)35-54-30-36-18-8-3-9-19-36/h3-27,41-49,52-53H,28-35H2,1-2H3/t41-,42-,43-,44-,45-,46+,47-,48+,49-,51?/m1/s1. The van der Waals surface area contributed by atoms with E-state index in [9.17, 15) is 10.2 Å². The first kappa shape index (κ1) is 44.3. The molecule has 62 heavy (non-hydrogen) atoms. The number of fused-ring (bicyclic) bond motifs is 1. The maximum atomic E-state index is 13.1. The van der Waals surface area contributed by atoms with Gasteiger partial charge in [-0.15, -0.1) is 0 Å². The van der Waals surface area contributed by atoms with Crippen LogP contribution in [0.3, 0.4) is 0 Å². The summed E-state index contributed by atoms with van der Waals surface area (Å²) in [5.41, 5.74) is 4.81. The summed E-state index contributed by atoms with van der Waals surface area (Å²) in [6, 6.07) is 49.5. The highest BCUT2D eigenvalue weighted by Gasteiger charge is 2.63. The van der Waals surface area contributed by atoms with Gasteiger partial charge in [-0.05, 0) is 41.7 Å². The van der Waals surface area contributed by atoms with Crippen LogP contribution in [0.15, 0.2) is 152 Å². The van der Waals surface area contributed by atoms with Gasteiger partial charge in [-0.2, -0.15) is 0 Å². The molecule has 0 radical (unpaired) electrons. The van der Waals surface area contributed by atoms with Crippen molar-refractivity contribution in [1.82, 2.24) is 0 Å². The van der Waals surface area contributed by atoms with Crippen molar-refractivity contribution in [3.63, 3.8) is 0 Å². The molecule has 11 heteroatoms. The van der Waals surface area contributed by atoms with Crippen molar-refractivity contribution >= 4 is 0 Å². The first-order valence-corrected chi connectivity index (χ1v) is 21.5. The third kappa shape index (κ3) is 11.2. The number of benzene rings is 5. The second-order valence-electron chi connectivity index (χ2n) is 16.7. The Morgan fingerprint density at radius 1 is 0.468 bits per heavy atom. The molecule has 3 aliphatic heterocycles. The molecule has 3 saturated heterocycles. The molecular formula is C51H58O11. The fraction of sp³-hybridized carbons (Fsp3) is 0.412. The molecule has 5 aromatic carbocycles. The van der Waals surface area contributed by atoms with Crippen molar-refractivity contribution in [2.45, 2.75) is 120 Å². The van der Waals surface area contributed by atoms with Gasteiger partial charge in [-0.3, -0.25) is 0 Å². The van der Waals surface area contributed by atoms with E-state index in [0.29, 0.717) is 6.61 Å². The van der Waals surface area contributed by atoms with Crippen LogP contribution in [-0.2, 0) is 75.7 Å². The molecule has 0 amide bonds. The molecule has 10 atom stereocenters. The monoisotopic (exact) mass is 846 g/mol. The Kier molecular flexibility index (Phi) is 14.9. The Balaban J connectivity index is 1.17. The average molecular weight is 847 g/mol. The highest BCUT2D eigenvalue weighted by molar-refractivity contribution is 5.18. The predicted octanol–water partition coefficient (Wildman–Crippen LogP) is 7.30. The van der Waals surface area contributed by atoms with E-state index >= 15 is 0 Å². The Hall–Kier alpha value is -4.34. The van der Waals surface area contributed by atoms with Gasteiger partial charge in [0.25, 0.3) is 0 Å². The Labute approximate surface area is 364 Å². The fourth-order valence-corrected chi connectivity index (χ4v) is 8.62. The smallest absolute Gasteiger partial charge is 0.198 e. The Morgan fingerprint density at radius 2 is 0.871 bits per heavy atom. The lowest BCUT2D eigenvalue weighted by Crippen LogP contribution is -2.68. The number of rotatable bonds is 19. The molecule has 8 rings (SSSR count). The van der Waals surface area contributed by atoms with Gasteiger partial charge < -0.3 is 52.8 Å². The van der Waals surface area contributed by atoms with Crippen LogP contribution in [0.1, 0.15) is 48.1 Å². The van der Waals surface area contributed by atoms with Crippen LogP contribution in [0.4, 0.5) is 0 Å². The van der Waals surface area contributed by atoms with E-state index in [1.165, 1.54) is 0 Å². The maximum absolute atomic E-state index is 13.1. The van der Waals surface area contributed by atoms with Gasteiger partial charge in [0.1, 0.15) is 48.8 Å². The first-order valence-electron chi connectivity index (χ1n) is 21.5. The zero-order chi connectivity index (χ0) is 42.8. The average Bonchev–Trinajstić information content (AvgIpc) is 3.63. The highest BCUT2D eigenvalue weighted by atomic mass is 16.8. The normalized spacial score (nSPS) is 29.3. The molecule has 1 unspecified atom stereocenters. The third-order valence-corrected chi connectivity index (χ3v) is 11.6. The Morgan fingerprint density at radius 3 is 1.34 bits per heavy atom. The van der Waals surface area contributed by atoms with Crippen LogP contribution >= 0.6 is 0 Å². The second-order valence-corrected chi connectivity index (χ2v) is 16.7. The van der Waals surface area contributed by atoms with Gasteiger partial charge in [0.05, 0.1) is 52.4 Å². The molecular weight excluding hydrogens is 789 g/mol. The van der Waals surface area contributed by atoms with Gasteiger partial charge in [-0.1, -0.05) is 152 Å². The third-order valence-electron chi connectivity index (χ3n) is 11.6. The fourth-order valence-electron chi connectivity index (χ4n) is 8.62. The summed E-state index contributed by atoms with van der Waals surface area (Å²) in [7, 11) is 0. The second kappa shape index (κ2) is 20.9. The van der Waals surface area contributed by atoms with Crippen LogP contribution in [0.2, 0.25) is 0 Å². The van der Waals surface area contributed by atoms with Crippen LogP contribution in [-0.4, -0.2) is 89.9 Å². The molecule has 3 fully saturated rings. The van der Waals surface area contributed by atoms with E-state index in [2.05, 4.69) is 0 Å². The zero-order valence-corrected chi connectivity index (χ0v) is 35.4. The van der Waals surface area contributed by atoms with E-state index in [-0.39, 0.29) is 39.5 Å². The van der Waals surface area contributed by atoms with Gasteiger partial charge in [0.15, 0.2) is 11.6 Å². The van der Waals surface area contributed by atoms with E-state index in [4.69, 9.17) is 42.6 Å². The molecule has 3 heterocycles. The van der Waals surface area contributed by atoms with Crippen molar-refractivity contribution < 1.29 is 52.8 Å². The van der Waals surface area contributed by atoms with Crippen molar-refractivity contribution in [3.05, 3.63) is 179 Å². The Bertz CT molecular complexity index is 2060. The lowest BCUT2D eigenvalue weighted by molar-refractivity contribution is -0.363. The molecule has 0 aliphatic carbocycles. The van der Waals surface area contributed by atoms with E-state index in [0.717, 1.165) is 27.8 Å². The van der Waals surface area contributed by atoms with Gasteiger partial charge in [-0.25, -0.2) is 0 Å². The summed E-state index contributed by atoms with van der Waals surface area (Å²) in [5.74, 6) is -3.10. The van der Waals surface area contributed by atoms with Gasteiger partial charge in [0.2, 0.25) is 0 Å². The largest absolute Gasteiger partial charge is 0.394 e. The minimum atomic E-state index is -2.07. The SMILES string of the molecule is CC1(C)O[C@@H]2[C@H](O1)[C@@H](OCc1ccccc1)C(O)(C[C@H]1O[C@H](COCc3ccccc3)[C@@H](OCc3ccccc3)[C@H](OCc3ccccc3)[C@@H]1OCc1ccccc1)O[C@@H]2CO. The molecule has 0 aromatic heterocycles. The van der Waals surface area contributed by atoms with Crippen LogP contribution < -0.4 is 0 Å². The molecule has 328 valence electrons. The van der Waals surface area contributed by atoms with Gasteiger partial charge >= 0.3 is 0 Å².